The Bertz CT molecular complexity index is 848. The van der Waals surface area contributed by atoms with Gasteiger partial charge in [0.05, 0.1) is 10.9 Å². The summed E-state index contributed by atoms with van der Waals surface area (Å²) in [5.74, 6) is 1.33. The molecule has 0 spiro atoms. The van der Waals surface area contributed by atoms with E-state index < -0.39 is 0 Å². The van der Waals surface area contributed by atoms with Gasteiger partial charge in [-0.25, -0.2) is 4.79 Å². The van der Waals surface area contributed by atoms with Gasteiger partial charge in [-0.15, -0.1) is 11.3 Å². The number of rotatable bonds is 9. The number of nitrogens with zero attached hydrogens (tertiary/aromatic N) is 3. The van der Waals surface area contributed by atoms with E-state index in [1.54, 1.807) is 16.2 Å². The van der Waals surface area contributed by atoms with Crippen LogP contribution < -0.4 is 5.32 Å². The van der Waals surface area contributed by atoms with Crippen LogP contribution in [-0.2, 0) is 6.42 Å². The molecule has 1 N–H and O–H groups in total. The van der Waals surface area contributed by atoms with Crippen molar-refractivity contribution in [2.45, 2.75) is 38.6 Å². The molecule has 28 heavy (non-hydrogen) atoms. The average Bonchev–Trinajstić information content (AvgIpc) is 3.41. The Morgan fingerprint density at radius 1 is 1.18 bits per heavy atom. The van der Waals surface area contributed by atoms with Crippen LogP contribution in [0.5, 0.6) is 0 Å². The minimum Gasteiger partial charge on any atom is -0.339 e. The van der Waals surface area contributed by atoms with Gasteiger partial charge in [0, 0.05) is 20.0 Å². The molecule has 0 bridgehead atoms. The van der Waals surface area contributed by atoms with E-state index in [1.165, 1.54) is 0 Å². The normalized spacial score (nSPS) is 11.9. The maximum absolute atomic E-state index is 12.3. The molecule has 148 valence electrons. The van der Waals surface area contributed by atoms with Gasteiger partial charge in [-0.2, -0.15) is 4.98 Å². The van der Waals surface area contributed by atoms with E-state index >= 15 is 0 Å². The van der Waals surface area contributed by atoms with Crippen molar-refractivity contribution in [1.29, 1.82) is 0 Å². The summed E-state index contributed by atoms with van der Waals surface area (Å²) in [4.78, 5) is 19.5. The second kappa shape index (κ2) is 10.0. The third-order valence-corrected chi connectivity index (χ3v) is 5.60. The van der Waals surface area contributed by atoms with Crippen molar-refractivity contribution in [3.8, 4) is 10.7 Å². The largest absolute Gasteiger partial charge is 0.339 e. The first-order valence-electron chi connectivity index (χ1n) is 9.57. The fourth-order valence-electron chi connectivity index (χ4n) is 2.89. The van der Waals surface area contributed by atoms with Crippen LogP contribution in [0.25, 0.3) is 10.7 Å². The number of carbonyl (C=O) groups is 1. The highest BCUT2D eigenvalue weighted by molar-refractivity contribution is 7.13. The van der Waals surface area contributed by atoms with Gasteiger partial charge < -0.3 is 14.7 Å². The van der Waals surface area contributed by atoms with Crippen molar-refractivity contribution in [2.24, 2.45) is 0 Å². The maximum Gasteiger partial charge on any atom is 0.317 e. The number of carbonyl (C=O) groups excluding carboxylic acids is 1. The second-order valence-electron chi connectivity index (χ2n) is 6.73. The third-order valence-electron chi connectivity index (χ3n) is 4.74. The van der Waals surface area contributed by atoms with Gasteiger partial charge >= 0.3 is 6.03 Å². The summed E-state index contributed by atoms with van der Waals surface area (Å²) in [7, 11) is 1.83. The molecular formula is C21H26N4O2S. The van der Waals surface area contributed by atoms with Crippen LogP contribution in [0, 0.1) is 0 Å². The molecule has 0 radical (unpaired) electrons. The minimum atomic E-state index is -0.0474. The highest BCUT2D eigenvalue weighted by Gasteiger charge is 2.16. The number of hydrogen-bond acceptors (Lipinski definition) is 5. The van der Waals surface area contributed by atoms with Crippen molar-refractivity contribution in [2.75, 3.05) is 13.6 Å². The van der Waals surface area contributed by atoms with Crippen LogP contribution in [0.15, 0.2) is 52.4 Å². The smallest absolute Gasteiger partial charge is 0.317 e. The molecule has 2 amide bonds. The summed E-state index contributed by atoms with van der Waals surface area (Å²) in [5, 5.41) is 9.01. The Kier molecular flexibility index (Phi) is 7.19. The Morgan fingerprint density at radius 2 is 2.00 bits per heavy atom. The molecule has 6 nitrogen and oxygen atoms in total. The second-order valence-corrected chi connectivity index (χ2v) is 7.68. The number of hydrogen-bond donors (Lipinski definition) is 1. The molecule has 0 aliphatic rings. The first kappa shape index (κ1) is 20.1. The highest BCUT2D eigenvalue weighted by atomic mass is 32.1. The number of unbranched alkanes of at least 4 members (excludes halogenated alkanes) is 2. The minimum absolute atomic E-state index is 0.0382. The summed E-state index contributed by atoms with van der Waals surface area (Å²) in [5.41, 5.74) is 1.13. The van der Waals surface area contributed by atoms with Crippen LogP contribution in [0.1, 0.15) is 43.7 Å². The number of urea groups is 1. The summed E-state index contributed by atoms with van der Waals surface area (Å²) in [6, 6.07) is 14.0. The zero-order chi connectivity index (χ0) is 19.8. The van der Waals surface area contributed by atoms with Crippen LogP contribution in [-0.4, -0.2) is 34.7 Å². The first-order valence-corrected chi connectivity index (χ1v) is 10.4. The fourth-order valence-corrected chi connectivity index (χ4v) is 3.54. The predicted molar refractivity (Wildman–Crippen MR) is 111 cm³/mol. The molecule has 3 aromatic rings. The van der Waals surface area contributed by atoms with Gasteiger partial charge in [0.25, 0.3) is 0 Å². The van der Waals surface area contributed by atoms with Gasteiger partial charge in [0.2, 0.25) is 11.7 Å². The van der Waals surface area contributed by atoms with Crippen molar-refractivity contribution in [3.63, 3.8) is 0 Å². The molecule has 0 fully saturated rings. The predicted octanol–water partition coefficient (Wildman–Crippen LogP) is 4.91. The molecule has 0 aliphatic heterocycles. The van der Waals surface area contributed by atoms with Crippen LogP contribution in [0.4, 0.5) is 4.79 Å². The Hall–Kier alpha value is -2.67. The number of benzene rings is 1. The van der Waals surface area contributed by atoms with E-state index in [0.29, 0.717) is 18.3 Å². The molecule has 2 aromatic heterocycles. The molecule has 7 heteroatoms. The number of amides is 2. The molecule has 0 saturated heterocycles. The zero-order valence-electron chi connectivity index (χ0n) is 16.3. The van der Waals surface area contributed by atoms with Gasteiger partial charge in [0.1, 0.15) is 0 Å². The lowest BCUT2D eigenvalue weighted by Gasteiger charge is -2.25. The highest BCUT2D eigenvalue weighted by Crippen LogP contribution is 2.21. The van der Waals surface area contributed by atoms with E-state index in [9.17, 15) is 4.79 Å². The van der Waals surface area contributed by atoms with Crippen molar-refractivity contribution >= 4 is 17.4 Å². The van der Waals surface area contributed by atoms with Gasteiger partial charge in [0.15, 0.2) is 0 Å². The summed E-state index contributed by atoms with van der Waals surface area (Å²) < 4.78 is 5.30. The van der Waals surface area contributed by atoms with Crippen molar-refractivity contribution in [1.82, 2.24) is 20.4 Å². The molecule has 1 aromatic carbocycles. The maximum atomic E-state index is 12.3. The Balaban J connectivity index is 1.32. The van der Waals surface area contributed by atoms with Crippen molar-refractivity contribution in [3.05, 3.63) is 59.3 Å². The standard InChI is InChI=1S/C21H26N4O2S/c1-16(17-10-5-3-6-11-17)25(2)21(26)22-14-8-4-7-13-19-23-20(24-27-19)18-12-9-15-28-18/h3,5-6,9-12,15-16H,4,7-8,13-14H2,1-2H3,(H,22,26)/t16-/m1/s1. The number of thiophene rings is 1. The lowest BCUT2D eigenvalue weighted by Crippen LogP contribution is -2.39. The number of nitrogens with one attached hydrogen (secondary N) is 1. The van der Waals surface area contributed by atoms with E-state index in [-0.39, 0.29) is 12.1 Å². The van der Waals surface area contributed by atoms with Crippen LogP contribution in [0.2, 0.25) is 0 Å². The molecule has 0 unspecified atom stereocenters. The Labute approximate surface area is 169 Å². The molecule has 0 saturated carbocycles. The van der Waals surface area contributed by atoms with Crippen molar-refractivity contribution < 1.29 is 9.32 Å². The van der Waals surface area contributed by atoms with Crippen LogP contribution >= 0.6 is 11.3 Å². The summed E-state index contributed by atoms with van der Waals surface area (Å²) in [6.07, 6.45) is 3.63. The monoisotopic (exact) mass is 398 g/mol. The topological polar surface area (TPSA) is 71.3 Å². The van der Waals surface area contributed by atoms with Gasteiger partial charge in [-0.05, 0) is 36.8 Å². The van der Waals surface area contributed by atoms with Crippen LogP contribution in [0.3, 0.4) is 0 Å². The molecule has 2 heterocycles. The van der Waals surface area contributed by atoms with E-state index in [2.05, 4.69) is 15.5 Å². The number of aryl methyl sites for hydroxylation is 1. The molecular weight excluding hydrogens is 372 g/mol. The van der Waals surface area contributed by atoms with E-state index in [4.69, 9.17) is 4.52 Å². The lowest BCUT2D eigenvalue weighted by atomic mass is 10.1. The van der Waals surface area contributed by atoms with Gasteiger partial charge in [-0.3, -0.25) is 0 Å². The lowest BCUT2D eigenvalue weighted by molar-refractivity contribution is 0.194. The molecule has 3 rings (SSSR count). The Morgan fingerprint density at radius 3 is 2.75 bits per heavy atom. The fraction of sp³-hybridized carbons (Fsp3) is 0.381. The average molecular weight is 399 g/mol. The van der Waals surface area contributed by atoms with E-state index in [0.717, 1.165) is 36.1 Å². The quantitative estimate of drug-likeness (QED) is 0.520. The van der Waals surface area contributed by atoms with Gasteiger partial charge in [-0.1, -0.05) is 48.0 Å². The molecule has 1 atom stereocenters. The summed E-state index contributed by atoms with van der Waals surface area (Å²) in [6.45, 7) is 2.69. The SMILES string of the molecule is C[C@H](c1ccccc1)N(C)C(=O)NCCCCCc1nc(-c2cccs2)no1. The number of aromatic nitrogens is 2. The molecule has 0 aliphatic carbocycles. The third kappa shape index (κ3) is 5.42. The first-order chi connectivity index (χ1) is 13.6. The summed E-state index contributed by atoms with van der Waals surface area (Å²) >= 11 is 1.60. The zero-order valence-corrected chi connectivity index (χ0v) is 17.1. The van der Waals surface area contributed by atoms with E-state index in [1.807, 2.05) is 61.8 Å².